The fourth-order valence-electron chi connectivity index (χ4n) is 3.16. The van der Waals surface area contributed by atoms with Crippen molar-refractivity contribution in [1.29, 1.82) is 0 Å². The van der Waals surface area contributed by atoms with Crippen LogP contribution in [-0.4, -0.2) is 46.2 Å². The monoisotopic (exact) mass is 237 g/mol. The molecule has 3 aliphatic rings. The van der Waals surface area contributed by atoms with E-state index in [1.807, 2.05) is 0 Å². The minimum absolute atomic E-state index is 0.0583. The molecule has 0 aromatic heterocycles. The summed E-state index contributed by atoms with van der Waals surface area (Å²) >= 11 is 0. The molecule has 2 heterocycles. The molecule has 0 aromatic rings. The Morgan fingerprint density at radius 1 is 1.41 bits per heavy atom. The zero-order chi connectivity index (χ0) is 12.0. The Balaban J connectivity index is 1.76. The summed E-state index contributed by atoms with van der Waals surface area (Å²) < 4.78 is 0. The molecular weight excluding hydrogens is 222 g/mol. The highest BCUT2D eigenvalue weighted by Gasteiger charge is 2.46. The lowest BCUT2D eigenvalue weighted by molar-refractivity contribution is -0.127. The van der Waals surface area contributed by atoms with Crippen LogP contribution in [0.15, 0.2) is 5.10 Å². The van der Waals surface area contributed by atoms with E-state index in [0.29, 0.717) is 12.5 Å². The van der Waals surface area contributed by atoms with Gasteiger partial charge in [-0.05, 0) is 25.2 Å². The van der Waals surface area contributed by atoms with Crippen LogP contribution in [0.5, 0.6) is 0 Å². The molecule has 2 aliphatic heterocycles. The van der Waals surface area contributed by atoms with Gasteiger partial charge in [0.15, 0.2) is 0 Å². The van der Waals surface area contributed by atoms with E-state index >= 15 is 0 Å². The van der Waals surface area contributed by atoms with Crippen LogP contribution in [0.25, 0.3) is 0 Å². The average Bonchev–Trinajstić information content (AvgIpc) is 2.96. The number of likely N-dealkylation sites (tertiary alicyclic amines) is 1. The maximum absolute atomic E-state index is 12.2. The number of carbonyl (C=O) groups is 2. The van der Waals surface area contributed by atoms with E-state index < -0.39 is 6.10 Å². The predicted octanol–water partition coefficient (Wildman–Crippen LogP) is -0.766. The molecule has 2 amide bonds. The molecule has 0 radical (unpaired) electrons. The summed E-state index contributed by atoms with van der Waals surface area (Å²) in [7, 11) is 0. The molecule has 0 aromatic carbocycles. The van der Waals surface area contributed by atoms with Gasteiger partial charge in [-0.3, -0.25) is 9.59 Å². The van der Waals surface area contributed by atoms with Gasteiger partial charge in [0.05, 0.1) is 18.6 Å². The van der Waals surface area contributed by atoms with E-state index in [1.54, 1.807) is 4.90 Å². The first kappa shape index (κ1) is 10.7. The van der Waals surface area contributed by atoms with Crippen molar-refractivity contribution in [2.24, 2.45) is 11.0 Å². The van der Waals surface area contributed by atoms with Crippen LogP contribution in [-0.2, 0) is 9.59 Å². The largest absolute Gasteiger partial charge is 0.391 e. The number of aliphatic hydroxyl groups excluding tert-OH is 1. The first-order valence-electron chi connectivity index (χ1n) is 6.01. The standard InChI is InChI=1S/C11H15N3O3/c15-8-2-1-6-3-4-14(10(6)8)11(17)7-5-9(16)13-12-7/h6,8,10,15H,1-5H2,(H,13,16)/t6-,8-,10+/m1/s1. The molecule has 1 aliphatic carbocycles. The summed E-state index contributed by atoms with van der Waals surface area (Å²) in [6.07, 6.45) is 2.34. The number of rotatable bonds is 1. The van der Waals surface area contributed by atoms with Gasteiger partial charge in [-0.15, -0.1) is 0 Å². The Morgan fingerprint density at radius 3 is 2.94 bits per heavy atom. The first-order chi connectivity index (χ1) is 8.16. The van der Waals surface area contributed by atoms with Gasteiger partial charge in [0.1, 0.15) is 5.71 Å². The highest BCUT2D eigenvalue weighted by Crippen LogP contribution is 2.38. The lowest BCUT2D eigenvalue weighted by Gasteiger charge is -2.26. The summed E-state index contributed by atoms with van der Waals surface area (Å²) in [5.74, 6) is -0.0209. The molecule has 0 bridgehead atoms. The van der Waals surface area contributed by atoms with Gasteiger partial charge in [0.25, 0.3) is 5.91 Å². The number of carbonyl (C=O) groups excluding carboxylic acids is 2. The van der Waals surface area contributed by atoms with Crippen LogP contribution in [0.4, 0.5) is 0 Å². The SMILES string of the molecule is O=C1CC(C(=O)N2CC[C@H]3CC[C@@H](O)[C@H]32)=NN1. The van der Waals surface area contributed by atoms with Crippen LogP contribution < -0.4 is 5.43 Å². The molecule has 1 saturated carbocycles. The van der Waals surface area contributed by atoms with E-state index in [1.165, 1.54) is 0 Å². The van der Waals surface area contributed by atoms with Gasteiger partial charge in [0, 0.05) is 6.54 Å². The maximum Gasteiger partial charge on any atom is 0.270 e. The molecule has 3 rings (SSSR count). The quantitative estimate of drug-likeness (QED) is 0.628. The number of nitrogens with zero attached hydrogens (tertiary/aromatic N) is 2. The number of hydrazone groups is 1. The number of nitrogens with one attached hydrogen (secondary N) is 1. The number of hydrogen-bond donors (Lipinski definition) is 2. The minimum atomic E-state index is -0.419. The topological polar surface area (TPSA) is 82.0 Å². The zero-order valence-electron chi connectivity index (χ0n) is 9.43. The van der Waals surface area contributed by atoms with Gasteiger partial charge >= 0.3 is 0 Å². The van der Waals surface area contributed by atoms with E-state index in [4.69, 9.17) is 0 Å². The van der Waals surface area contributed by atoms with Gasteiger partial charge in [0.2, 0.25) is 5.91 Å². The van der Waals surface area contributed by atoms with Crippen molar-refractivity contribution < 1.29 is 14.7 Å². The van der Waals surface area contributed by atoms with E-state index in [-0.39, 0.29) is 30.0 Å². The summed E-state index contributed by atoms with van der Waals surface area (Å²) in [5.41, 5.74) is 2.56. The molecule has 0 unspecified atom stereocenters. The molecule has 92 valence electrons. The lowest BCUT2D eigenvalue weighted by Crippen LogP contribution is -2.45. The maximum atomic E-state index is 12.2. The third-order valence-electron chi connectivity index (χ3n) is 3.96. The van der Waals surface area contributed by atoms with Gasteiger partial charge < -0.3 is 10.0 Å². The molecule has 2 fully saturated rings. The second-order valence-corrected chi connectivity index (χ2v) is 4.95. The number of hydrogen-bond acceptors (Lipinski definition) is 4. The van der Waals surface area contributed by atoms with Crippen LogP contribution >= 0.6 is 0 Å². The average molecular weight is 237 g/mol. The van der Waals surface area contributed by atoms with E-state index in [0.717, 1.165) is 19.3 Å². The highest BCUT2D eigenvalue weighted by molar-refractivity contribution is 6.43. The Morgan fingerprint density at radius 2 is 2.24 bits per heavy atom. The molecule has 3 atom stereocenters. The van der Waals surface area contributed by atoms with Gasteiger partial charge in [-0.1, -0.05) is 0 Å². The summed E-state index contributed by atoms with van der Waals surface area (Å²) in [4.78, 5) is 24.9. The van der Waals surface area contributed by atoms with Crippen molar-refractivity contribution in [3.05, 3.63) is 0 Å². The molecule has 6 nitrogen and oxygen atoms in total. The number of fused-ring (bicyclic) bond motifs is 1. The van der Waals surface area contributed by atoms with E-state index in [2.05, 4.69) is 10.5 Å². The van der Waals surface area contributed by atoms with E-state index in [9.17, 15) is 14.7 Å². The first-order valence-corrected chi connectivity index (χ1v) is 6.01. The Bertz CT molecular complexity index is 407. The normalized spacial score (nSPS) is 35.8. The lowest BCUT2D eigenvalue weighted by atomic mass is 10.0. The smallest absolute Gasteiger partial charge is 0.270 e. The summed E-state index contributed by atoms with van der Waals surface area (Å²) in [5, 5.41) is 13.6. The van der Waals surface area contributed by atoms with Crippen molar-refractivity contribution in [3.63, 3.8) is 0 Å². The van der Waals surface area contributed by atoms with Crippen molar-refractivity contribution in [2.45, 2.75) is 37.8 Å². The molecule has 2 N–H and O–H groups in total. The number of amides is 2. The second kappa shape index (κ2) is 3.80. The molecular formula is C11H15N3O3. The second-order valence-electron chi connectivity index (χ2n) is 4.95. The zero-order valence-corrected chi connectivity index (χ0v) is 9.43. The van der Waals surface area contributed by atoms with Gasteiger partial charge in [-0.25, -0.2) is 5.43 Å². The summed E-state index contributed by atoms with van der Waals surface area (Å²) in [6.45, 7) is 0.665. The Labute approximate surface area is 98.7 Å². The van der Waals surface area contributed by atoms with Crippen molar-refractivity contribution in [2.75, 3.05) is 6.54 Å². The Hall–Kier alpha value is -1.43. The molecule has 0 spiro atoms. The van der Waals surface area contributed by atoms with Crippen molar-refractivity contribution in [3.8, 4) is 0 Å². The van der Waals surface area contributed by atoms with Crippen LogP contribution in [0, 0.1) is 5.92 Å². The van der Waals surface area contributed by atoms with Gasteiger partial charge in [-0.2, -0.15) is 5.10 Å². The summed E-state index contributed by atoms with van der Waals surface area (Å²) in [6, 6.07) is -0.0686. The number of aliphatic hydroxyl groups is 1. The predicted molar refractivity (Wildman–Crippen MR) is 59.0 cm³/mol. The molecule has 17 heavy (non-hydrogen) atoms. The van der Waals surface area contributed by atoms with Crippen molar-refractivity contribution in [1.82, 2.24) is 10.3 Å². The fraction of sp³-hybridized carbons (Fsp3) is 0.727. The van der Waals surface area contributed by atoms with Crippen LogP contribution in [0.2, 0.25) is 0 Å². The minimum Gasteiger partial charge on any atom is -0.391 e. The van der Waals surface area contributed by atoms with Crippen molar-refractivity contribution >= 4 is 17.5 Å². The van der Waals surface area contributed by atoms with Crippen LogP contribution in [0.1, 0.15) is 25.7 Å². The molecule has 1 saturated heterocycles. The third-order valence-corrected chi connectivity index (χ3v) is 3.96. The highest BCUT2D eigenvalue weighted by atomic mass is 16.3. The Kier molecular flexibility index (Phi) is 2.39. The molecule has 6 heteroatoms. The van der Waals surface area contributed by atoms with Crippen LogP contribution in [0.3, 0.4) is 0 Å². The third kappa shape index (κ3) is 1.63. The fourth-order valence-corrected chi connectivity index (χ4v) is 3.16.